The van der Waals surface area contributed by atoms with E-state index in [1.807, 2.05) is 30.3 Å². The molecule has 1 saturated heterocycles. The van der Waals surface area contributed by atoms with Crippen LogP contribution in [-0.4, -0.2) is 54.4 Å². The van der Waals surface area contributed by atoms with E-state index in [-0.39, 0.29) is 36.3 Å². The molecule has 7 heteroatoms. The lowest BCUT2D eigenvalue weighted by Gasteiger charge is -2.28. The van der Waals surface area contributed by atoms with E-state index in [0.717, 1.165) is 5.56 Å². The highest BCUT2D eigenvalue weighted by molar-refractivity contribution is 7.91. The maximum atomic E-state index is 12.7. The molecule has 1 aromatic carbocycles. The van der Waals surface area contributed by atoms with Crippen LogP contribution in [0.5, 0.6) is 0 Å². The highest BCUT2D eigenvalue weighted by Gasteiger charge is 2.34. The SMILES string of the molecule is O=C(O)CCCCCN(C(=O)Cc1ccccc1)C1CCS(=O)(=O)C1. The first-order valence-corrected chi connectivity index (χ1v) is 10.4. The van der Waals surface area contributed by atoms with Crippen molar-refractivity contribution in [2.24, 2.45) is 0 Å². The maximum Gasteiger partial charge on any atom is 0.303 e. The Hall–Kier alpha value is -1.89. The number of unbranched alkanes of at least 4 members (excludes halogenated alkanes) is 2. The lowest BCUT2D eigenvalue weighted by molar-refractivity contribution is -0.137. The van der Waals surface area contributed by atoms with E-state index < -0.39 is 15.8 Å². The molecule has 1 heterocycles. The first kappa shape index (κ1) is 19.4. The molecule has 1 aromatic rings. The Bertz CT molecular complexity index is 687. The van der Waals surface area contributed by atoms with Gasteiger partial charge in [-0.25, -0.2) is 8.42 Å². The molecular weight excluding hydrogens is 342 g/mol. The minimum atomic E-state index is -3.06. The third-order valence-corrected chi connectivity index (χ3v) is 6.21. The van der Waals surface area contributed by atoms with Crippen molar-refractivity contribution < 1.29 is 23.1 Å². The van der Waals surface area contributed by atoms with Crippen LogP contribution in [0.1, 0.15) is 37.7 Å². The molecule has 2 rings (SSSR count). The number of carbonyl (C=O) groups excluding carboxylic acids is 1. The van der Waals surface area contributed by atoms with Gasteiger partial charge >= 0.3 is 5.97 Å². The third-order valence-electron chi connectivity index (χ3n) is 4.46. The third kappa shape index (κ3) is 6.49. The van der Waals surface area contributed by atoms with Gasteiger partial charge in [-0.2, -0.15) is 0 Å². The van der Waals surface area contributed by atoms with Gasteiger partial charge in [-0.1, -0.05) is 36.8 Å². The summed E-state index contributed by atoms with van der Waals surface area (Å²) in [5, 5.41) is 8.67. The van der Waals surface area contributed by atoms with Gasteiger partial charge in [-0.15, -0.1) is 0 Å². The average molecular weight is 367 g/mol. The zero-order valence-corrected chi connectivity index (χ0v) is 15.1. The molecule has 1 aliphatic heterocycles. The van der Waals surface area contributed by atoms with Gasteiger partial charge in [0.15, 0.2) is 9.84 Å². The molecule has 6 nitrogen and oxygen atoms in total. The number of hydrogen-bond acceptors (Lipinski definition) is 4. The van der Waals surface area contributed by atoms with E-state index in [9.17, 15) is 18.0 Å². The summed E-state index contributed by atoms with van der Waals surface area (Å²) in [5.74, 6) is -0.723. The number of carboxylic acids is 1. The Balaban J connectivity index is 1.96. The van der Waals surface area contributed by atoms with Gasteiger partial charge in [-0.3, -0.25) is 9.59 Å². The molecule has 25 heavy (non-hydrogen) atoms. The van der Waals surface area contributed by atoms with Crippen LogP contribution in [0.15, 0.2) is 30.3 Å². The summed E-state index contributed by atoms with van der Waals surface area (Å²) in [6.45, 7) is 0.478. The fraction of sp³-hybridized carbons (Fsp3) is 0.556. The number of nitrogens with zero attached hydrogens (tertiary/aromatic N) is 1. The first-order chi connectivity index (χ1) is 11.9. The summed E-state index contributed by atoms with van der Waals surface area (Å²) in [4.78, 5) is 25.0. The van der Waals surface area contributed by atoms with Crippen LogP contribution in [0.2, 0.25) is 0 Å². The van der Waals surface area contributed by atoms with Crippen molar-refractivity contribution in [2.75, 3.05) is 18.1 Å². The fourth-order valence-corrected chi connectivity index (χ4v) is 4.87. The molecule has 0 radical (unpaired) electrons. The van der Waals surface area contributed by atoms with Crippen molar-refractivity contribution in [2.45, 2.75) is 44.6 Å². The summed E-state index contributed by atoms with van der Waals surface area (Å²) in [6, 6.07) is 9.14. The van der Waals surface area contributed by atoms with Crippen LogP contribution in [0.25, 0.3) is 0 Å². The van der Waals surface area contributed by atoms with Crippen LogP contribution in [-0.2, 0) is 25.8 Å². The number of rotatable bonds is 9. The Morgan fingerprint density at radius 2 is 1.84 bits per heavy atom. The molecule has 1 unspecified atom stereocenters. The normalized spacial score (nSPS) is 18.8. The van der Waals surface area contributed by atoms with E-state index in [1.165, 1.54) is 0 Å². The average Bonchev–Trinajstić information content (AvgIpc) is 2.91. The second-order valence-corrected chi connectivity index (χ2v) is 8.74. The van der Waals surface area contributed by atoms with E-state index in [2.05, 4.69) is 0 Å². The molecule has 138 valence electrons. The number of aliphatic carboxylic acids is 1. The highest BCUT2D eigenvalue weighted by Crippen LogP contribution is 2.20. The van der Waals surface area contributed by atoms with Gasteiger partial charge in [0.2, 0.25) is 5.91 Å². The standard InChI is InChI=1S/C18H25NO5S/c20-17(13-15-7-3-1-4-8-15)19(11-6-2-5-9-18(21)22)16-10-12-25(23,24)14-16/h1,3-4,7-8,16H,2,5-6,9-14H2,(H,21,22). The number of carbonyl (C=O) groups is 2. The van der Waals surface area contributed by atoms with Crippen molar-refractivity contribution >= 4 is 21.7 Å². The minimum absolute atomic E-state index is 0.0304. The molecule has 1 fully saturated rings. The van der Waals surface area contributed by atoms with E-state index in [0.29, 0.717) is 32.2 Å². The molecule has 0 aliphatic carbocycles. The second-order valence-electron chi connectivity index (χ2n) is 6.51. The highest BCUT2D eigenvalue weighted by atomic mass is 32.2. The van der Waals surface area contributed by atoms with Gasteiger partial charge in [-0.05, 0) is 24.8 Å². The van der Waals surface area contributed by atoms with Crippen LogP contribution in [0.3, 0.4) is 0 Å². The van der Waals surface area contributed by atoms with Crippen LogP contribution in [0, 0.1) is 0 Å². The molecule has 1 N–H and O–H groups in total. The summed E-state index contributed by atoms with van der Waals surface area (Å²) in [7, 11) is -3.06. The first-order valence-electron chi connectivity index (χ1n) is 8.63. The van der Waals surface area contributed by atoms with E-state index in [4.69, 9.17) is 5.11 Å². The Kier molecular flexibility index (Phi) is 6.99. The van der Waals surface area contributed by atoms with Crippen molar-refractivity contribution in [3.63, 3.8) is 0 Å². The zero-order valence-electron chi connectivity index (χ0n) is 14.3. The van der Waals surface area contributed by atoms with Crippen molar-refractivity contribution in [1.29, 1.82) is 0 Å². The van der Waals surface area contributed by atoms with Crippen molar-refractivity contribution in [1.82, 2.24) is 4.90 Å². The van der Waals surface area contributed by atoms with Gasteiger partial charge in [0.1, 0.15) is 0 Å². The zero-order chi connectivity index (χ0) is 18.3. The second kappa shape index (κ2) is 8.99. The van der Waals surface area contributed by atoms with Gasteiger partial charge < -0.3 is 10.0 Å². The lowest BCUT2D eigenvalue weighted by Crippen LogP contribution is -2.42. The molecule has 1 atom stereocenters. The summed E-state index contributed by atoms with van der Waals surface area (Å²) >= 11 is 0. The number of sulfone groups is 1. The maximum absolute atomic E-state index is 12.7. The van der Waals surface area contributed by atoms with Crippen LogP contribution < -0.4 is 0 Å². The smallest absolute Gasteiger partial charge is 0.303 e. The molecular formula is C18H25NO5S. The predicted molar refractivity (Wildman–Crippen MR) is 95.0 cm³/mol. The number of amides is 1. The van der Waals surface area contributed by atoms with E-state index >= 15 is 0 Å². The van der Waals surface area contributed by atoms with Gasteiger partial charge in [0, 0.05) is 19.0 Å². The van der Waals surface area contributed by atoms with Crippen molar-refractivity contribution in [3.05, 3.63) is 35.9 Å². The Morgan fingerprint density at radius 1 is 1.12 bits per heavy atom. The largest absolute Gasteiger partial charge is 0.481 e. The van der Waals surface area contributed by atoms with Gasteiger partial charge in [0.05, 0.1) is 17.9 Å². The van der Waals surface area contributed by atoms with Crippen LogP contribution in [0.4, 0.5) is 0 Å². The van der Waals surface area contributed by atoms with Crippen LogP contribution >= 0.6 is 0 Å². The molecule has 0 bridgehead atoms. The number of carboxylic acid groups (broad SMARTS) is 1. The molecule has 0 spiro atoms. The number of benzene rings is 1. The quantitative estimate of drug-likeness (QED) is 0.673. The van der Waals surface area contributed by atoms with Crippen molar-refractivity contribution in [3.8, 4) is 0 Å². The minimum Gasteiger partial charge on any atom is -0.481 e. The topological polar surface area (TPSA) is 91.8 Å². The molecule has 1 amide bonds. The molecule has 0 saturated carbocycles. The predicted octanol–water partition coefficient (Wildman–Crippen LogP) is 1.89. The van der Waals surface area contributed by atoms with E-state index in [1.54, 1.807) is 4.90 Å². The summed E-state index contributed by atoms with van der Waals surface area (Å²) in [6.07, 6.45) is 2.82. The summed E-state index contributed by atoms with van der Waals surface area (Å²) < 4.78 is 23.5. The summed E-state index contributed by atoms with van der Waals surface area (Å²) in [5.41, 5.74) is 0.907. The molecule has 0 aromatic heterocycles. The Labute approximate surface area is 148 Å². The fourth-order valence-electron chi connectivity index (χ4n) is 3.14. The number of hydrogen-bond donors (Lipinski definition) is 1. The monoisotopic (exact) mass is 367 g/mol. The van der Waals surface area contributed by atoms with Gasteiger partial charge in [0.25, 0.3) is 0 Å². The molecule has 1 aliphatic rings. The Morgan fingerprint density at radius 3 is 2.44 bits per heavy atom. The lowest BCUT2D eigenvalue weighted by atomic mass is 10.1.